The van der Waals surface area contributed by atoms with Gasteiger partial charge in [-0.1, -0.05) is 17.3 Å². The molecule has 3 heterocycles. The van der Waals surface area contributed by atoms with Gasteiger partial charge in [-0.2, -0.15) is 0 Å². The van der Waals surface area contributed by atoms with Crippen molar-refractivity contribution < 1.29 is 9.38 Å². The largest absolute Gasteiger partial charge is 0.349 e. The van der Waals surface area contributed by atoms with E-state index in [-0.39, 0.29) is 11.4 Å². The molecule has 2 atom stereocenters. The molecule has 1 aliphatic carbocycles. The minimum Gasteiger partial charge on any atom is -0.349 e. The van der Waals surface area contributed by atoms with Gasteiger partial charge in [0.05, 0.1) is 23.8 Å². The Balaban J connectivity index is 1.16. The number of aromatic nitrogens is 5. The van der Waals surface area contributed by atoms with E-state index in [0.29, 0.717) is 17.7 Å². The van der Waals surface area contributed by atoms with E-state index in [0.717, 1.165) is 69.1 Å². The van der Waals surface area contributed by atoms with Crippen LogP contribution in [0.3, 0.4) is 0 Å². The third-order valence-electron chi connectivity index (χ3n) is 7.78. The quantitative estimate of drug-likeness (QED) is 0.256. The average Bonchev–Trinajstić information content (AvgIpc) is 3.53. The van der Waals surface area contributed by atoms with E-state index in [9.17, 15) is 9.18 Å². The van der Waals surface area contributed by atoms with Crippen LogP contribution in [0.15, 0.2) is 71.9 Å². The first kappa shape index (κ1) is 26.1. The topological polar surface area (TPSA) is 86.1 Å². The van der Waals surface area contributed by atoms with Crippen LogP contribution < -0.4 is 15.5 Å². The van der Waals surface area contributed by atoms with Crippen molar-refractivity contribution in [1.82, 2.24) is 29.4 Å². The van der Waals surface area contributed by atoms with Crippen LogP contribution in [-0.4, -0.2) is 75.4 Å². The van der Waals surface area contributed by atoms with E-state index in [1.54, 1.807) is 21.6 Å². The molecule has 0 bridgehead atoms. The van der Waals surface area contributed by atoms with Gasteiger partial charge < -0.3 is 9.80 Å². The molecule has 1 saturated carbocycles. The minimum atomic E-state index is -0.192. The highest BCUT2D eigenvalue weighted by molar-refractivity contribution is 5.61. The maximum Gasteiger partial charge on any atom is 0.298 e. The first-order chi connectivity index (χ1) is 19.5. The lowest BCUT2D eigenvalue weighted by Gasteiger charge is -2.33. The molecule has 2 aromatic carbocycles. The predicted molar refractivity (Wildman–Crippen MR) is 152 cm³/mol. The minimum absolute atomic E-state index is 0.103. The Morgan fingerprint density at radius 2 is 1.77 bits per heavy atom. The molecular weight excluding hydrogens is 507 g/mol. The molecule has 40 heavy (non-hydrogen) atoms. The molecule has 1 saturated heterocycles. The Bertz CT molecular complexity index is 1510. The van der Waals surface area contributed by atoms with E-state index >= 15 is 0 Å². The molecule has 2 aliphatic rings. The fraction of sp³-hybridized carbons (Fsp3) is 0.367. The SMILES string of the molecule is CN1CCN(c2nc(CCC[NH+]=CC3C[C@H]3c3ccc(F)cc3)cn(-c3ccc(-n4ccnn4)cc3)c2=O)CC1. The third kappa shape index (κ3) is 5.86. The number of nitrogens with zero attached hydrogens (tertiary/aromatic N) is 7. The van der Waals surface area contributed by atoms with Crippen molar-refractivity contribution in [2.75, 3.05) is 44.7 Å². The summed E-state index contributed by atoms with van der Waals surface area (Å²) in [7, 11) is 2.10. The summed E-state index contributed by atoms with van der Waals surface area (Å²) in [6, 6.07) is 14.6. The molecule has 2 aromatic heterocycles. The molecule has 206 valence electrons. The average molecular weight is 542 g/mol. The van der Waals surface area contributed by atoms with E-state index in [2.05, 4.69) is 38.4 Å². The Kier molecular flexibility index (Phi) is 7.50. The maximum absolute atomic E-state index is 13.6. The van der Waals surface area contributed by atoms with Gasteiger partial charge in [0.1, 0.15) is 18.6 Å². The van der Waals surface area contributed by atoms with Crippen LogP contribution in [0.1, 0.15) is 30.0 Å². The third-order valence-corrected chi connectivity index (χ3v) is 7.78. The van der Waals surface area contributed by atoms with Crippen molar-refractivity contribution in [3.63, 3.8) is 0 Å². The smallest absolute Gasteiger partial charge is 0.298 e. The highest BCUT2D eigenvalue weighted by atomic mass is 19.1. The van der Waals surface area contributed by atoms with Gasteiger partial charge in [-0.15, -0.1) is 5.10 Å². The predicted octanol–water partition coefficient (Wildman–Crippen LogP) is 1.59. The van der Waals surface area contributed by atoms with Gasteiger partial charge in [0, 0.05) is 50.4 Å². The van der Waals surface area contributed by atoms with Crippen LogP contribution in [0.5, 0.6) is 0 Å². The number of rotatable bonds is 9. The highest BCUT2D eigenvalue weighted by Crippen LogP contribution is 2.45. The van der Waals surface area contributed by atoms with Gasteiger partial charge in [-0.25, -0.2) is 14.1 Å². The van der Waals surface area contributed by atoms with Crippen LogP contribution in [0.4, 0.5) is 10.2 Å². The number of aryl methyl sites for hydroxylation is 1. The standard InChI is InChI=1S/C30H33FN8O/c1-36-15-17-37(18-16-36)29-30(40)38(26-8-10-27(11-9-26)39-14-13-33-35-39)21-25(34-29)3-2-12-32-20-23-19-28(23)22-4-6-24(31)7-5-22/h4-11,13-14,20-21,23,28H,2-3,12,15-19H2,1H3/p+1/t23?,28-/m0/s1. The number of halogens is 1. The number of benzene rings is 2. The van der Waals surface area contributed by atoms with Crippen LogP contribution in [0.25, 0.3) is 11.4 Å². The number of likely N-dealkylation sites (N-methyl/N-ethyl adjacent to an activating group) is 1. The molecule has 6 rings (SSSR count). The Morgan fingerprint density at radius 3 is 2.50 bits per heavy atom. The molecule has 9 nitrogen and oxygen atoms in total. The second kappa shape index (κ2) is 11.5. The Morgan fingerprint density at radius 1 is 1.02 bits per heavy atom. The summed E-state index contributed by atoms with van der Waals surface area (Å²) in [5.41, 5.74) is 3.66. The first-order valence-electron chi connectivity index (χ1n) is 13.9. The molecule has 10 heteroatoms. The zero-order valence-electron chi connectivity index (χ0n) is 22.7. The molecule has 1 unspecified atom stereocenters. The summed E-state index contributed by atoms with van der Waals surface area (Å²) in [6.45, 7) is 4.18. The van der Waals surface area contributed by atoms with Crippen molar-refractivity contribution in [2.45, 2.75) is 25.2 Å². The lowest BCUT2D eigenvalue weighted by atomic mass is 10.1. The van der Waals surface area contributed by atoms with Gasteiger partial charge in [-0.05, 0) is 67.8 Å². The number of anilines is 1. The number of hydrogen-bond donors (Lipinski definition) is 1. The number of nitrogens with one attached hydrogen (secondary N) is 1. The Hall–Kier alpha value is -4.18. The van der Waals surface area contributed by atoms with Crippen molar-refractivity contribution in [3.05, 3.63) is 94.5 Å². The fourth-order valence-electron chi connectivity index (χ4n) is 5.27. The van der Waals surface area contributed by atoms with Crippen molar-refractivity contribution >= 4 is 12.0 Å². The second-order valence-electron chi connectivity index (χ2n) is 10.7. The molecule has 2 fully saturated rings. The molecule has 4 aromatic rings. The van der Waals surface area contributed by atoms with Gasteiger partial charge in [-0.3, -0.25) is 14.4 Å². The Labute approximate surface area is 232 Å². The first-order valence-corrected chi connectivity index (χ1v) is 13.9. The summed E-state index contributed by atoms with van der Waals surface area (Å²) in [5, 5.41) is 7.91. The van der Waals surface area contributed by atoms with E-state index in [1.807, 2.05) is 42.6 Å². The van der Waals surface area contributed by atoms with Crippen LogP contribution in [0, 0.1) is 11.7 Å². The van der Waals surface area contributed by atoms with E-state index in [1.165, 1.54) is 17.7 Å². The van der Waals surface area contributed by atoms with E-state index in [4.69, 9.17) is 4.98 Å². The van der Waals surface area contributed by atoms with E-state index < -0.39 is 0 Å². The maximum atomic E-state index is 13.6. The number of hydrogen-bond acceptors (Lipinski definition) is 6. The van der Waals surface area contributed by atoms with Gasteiger partial charge in [0.15, 0.2) is 5.82 Å². The molecule has 1 aliphatic heterocycles. The summed E-state index contributed by atoms with van der Waals surface area (Å²) in [4.78, 5) is 26.3. The van der Waals surface area contributed by atoms with Gasteiger partial charge in [0.25, 0.3) is 5.56 Å². The molecular formula is C30H34FN8O+. The zero-order chi connectivity index (χ0) is 27.5. The van der Waals surface area contributed by atoms with Gasteiger partial charge >= 0.3 is 0 Å². The summed E-state index contributed by atoms with van der Waals surface area (Å²) in [5.74, 6) is 1.28. The zero-order valence-corrected chi connectivity index (χ0v) is 22.7. The normalized spacial score (nSPS) is 19.4. The van der Waals surface area contributed by atoms with Crippen LogP contribution in [-0.2, 0) is 6.42 Å². The second-order valence-corrected chi connectivity index (χ2v) is 10.7. The van der Waals surface area contributed by atoms with Crippen LogP contribution in [0.2, 0.25) is 0 Å². The molecule has 1 N–H and O–H groups in total. The molecule has 0 radical (unpaired) electrons. The van der Waals surface area contributed by atoms with Crippen molar-refractivity contribution in [1.29, 1.82) is 0 Å². The lowest BCUT2D eigenvalue weighted by Crippen LogP contribution is -2.69. The summed E-state index contributed by atoms with van der Waals surface area (Å²) >= 11 is 0. The lowest BCUT2D eigenvalue weighted by molar-refractivity contribution is -0.454. The highest BCUT2D eigenvalue weighted by Gasteiger charge is 2.39. The fourth-order valence-corrected chi connectivity index (χ4v) is 5.27. The molecule has 0 spiro atoms. The summed E-state index contributed by atoms with van der Waals surface area (Å²) < 4.78 is 16.6. The van der Waals surface area contributed by atoms with Crippen molar-refractivity contribution in [3.8, 4) is 11.4 Å². The monoisotopic (exact) mass is 541 g/mol. The number of piperazine rings is 1. The van der Waals surface area contributed by atoms with Crippen LogP contribution >= 0.6 is 0 Å². The van der Waals surface area contributed by atoms with Gasteiger partial charge in [0.2, 0.25) is 0 Å². The van der Waals surface area contributed by atoms with Crippen molar-refractivity contribution in [2.24, 2.45) is 5.92 Å². The molecule has 0 amide bonds. The summed E-state index contributed by atoms with van der Waals surface area (Å²) in [6.07, 6.45) is 10.2.